The standard InChI is InChI=1S/C10H9O.3CO.Co/c1-8(2)10(11)9-6-4-3-5-7-9;3*1-2;/h3-7H,1-2H2;;;;. The van der Waals surface area contributed by atoms with E-state index in [0.29, 0.717) is 11.1 Å². The molecule has 1 aromatic carbocycles. The number of carbonyl (C=O) groups is 1. The Morgan fingerprint density at radius 2 is 1.28 bits per heavy atom. The van der Waals surface area contributed by atoms with Crippen molar-refractivity contribution in [1.29, 1.82) is 0 Å². The Morgan fingerprint density at radius 3 is 1.56 bits per heavy atom. The van der Waals surface area contributed by atoms with Crippen LogP contribution in [-0.2, 0) is 30.7 Å². The molecule has 1 aromatic rings. The Hall–Kier alpha value is -1.64. The smallest absolute Gasteiger partial charge is 0.188 e. The maximum absolute atomic E-state index is 11.2. The molecule has 0 aliphatic carbocycles. The summed E-state index contributed by atoms with van der Waals surface area (Å²) in [5.74, 6) is -0.0920. The second-order valence-corrected chi connectivity index (χ2v) is 2.30. The van der Waals surface area contributed by atoms with Gasteiger partial charge in [0.1, 0.15) is 0 Å². The second kappa shape index (κ2) is 20.7. The molecule has 0 unspecified atom stereocenters. The van der Waals surface area contributed by atoms with Crippen molar-refractivity contribution in [1.82, 2.24) is 0 Å². The van der Waals surface area contributed by atoms with Gasteiger partial charge in [0, 0.05) is 22.3 Å². The van der Waals surface area contributed by atoms with Crippen LogP contribution in [0.5, 0.6) is 0 Å². The SMILES string of the molecule is [C-]#[O+].[C-]#[O+].[C-]#[O+].[CH2]C(=C)C(=O)c1ccccc1.[Co]. The largest absolute Gasteiger partial charge is 0.289 e. The summed E-state index contributed by atoms with van der Waals surface area (Å²) in [4.78, 5) is 11.2. The number of benzene rings is 1. The number of hydrogen-bond acceptors (Lipinski definition) is 1. The molecule has 0 saturated carbocycles. The van der Waals surface area contributed by atoms with Gasteiger partial charge in [0.2, 0.25) is 0 Å². The molecule has 0 spiro atoms. The maximum Gasteiger partial charge on any atom is 0.188 e. The van der Waals surface area contributed by atoms with Crippen LogP contribution in [-0.4, -0.2) is 5.78 Å². The fourth-order valence-electron chi connectivity index (χ4n) is 0.794. The van der Waals surface area contributed by atoms with E-state index in [2.05, 4.69) is 33.5 Å². The van der Waals surface area contributed by atoms with Gasteiger partial charge in [-0.25, -0.2) is 0 Å². The first-order chi connectivity index (χ1) is 8.22. The first-order valence-electron chi connectivity index (χ1n) is 3.93. The van der Waals surface area contributed by atoms with Crippen molar-refractivity contribution < 1.29 is 35.5 Å². The van der Waals surface area contributed by atoms with Gasteiger partial charge in [0.15, 0.2) is 5.78 Å². The molecule has 0 N–H and O–H groups in total. The van der Waals surface area contributed by atoms with Crippen LogP contribution in [0.3, 0.4) is 0 Å². The zero-order valence-corrected chi connectivity index (χ0v) is 10.3. The summed E-state index contributed by atoms with van der Waals surface area (Å²) in [5.41, 5.74) is 0.976. The number of carbonyl (C=O) groups excluding carboxylic acids is 1. The predicted molar refractivity (Wildman–Crippen MR) is 57.1 cm³/mol. The summed E-state index contributed by atoms with van der Waals surface area (Å²) in [5, 5.41) is 0. The van der Waals surface area contributed by atoms with Crippen LogP contribution in [0, 0.1) is 26.9 Å². The number of rotatable bonds is 2. The van der Waals surface area contributed by atoms with E-state index in [0.717, 1.165) is 0 Å². The Kier molecular flexibility index (Phi) is 29.1. The van der Waals surface area contributed by atoms with E-state index in [9.17, 15) is 4.79 Å². The Morgan fingerprint density at radius 1 is 0.944 bits per heavy atom. The van der Waals surface area contributed by atoms with Gasteiger partial charge in [-0.1, -0.05) is 36.9 Å². The van der Waals surface area contributed by atoms with Crippen molar-refractivity contribution in [2.24, 2.45) is 0 Å². The molecule has 0 atom stereocenters. The van der Waals surface area contributed by atoms with Crippen LogP contribution in [0.1, 0.15) is 10.4 Å². The average Bonchev–Trinajstić information content (AvgIpc) is 2.45. The first-order valence-corrected chi connectivity index (χ1v) is 3.93. The molecule has 0 bridgehead atoms. The zero-order chi connectivity index (χ0) is 14.3. The van der Waals surface area contributed by atoms with Gasteiger partial charge in [-0.05, 0) is 12.5 Å². The summed E-state index contributed by atoms with van der Waals surface area (Å²) in [6.07, 6.45) is 0. The fourth-order valence-corrected chi connectivity index (χ4v) is 0.794. The summed E-state index contributed by atoms with van der Waals surface area (Å²) in [6, 6.07) is 8.99. The van der Waals surface area contributed by atoms with Crippen LogP contribution < -0.4 is 0 Å². The van der Waals surface area contributed by atoms with Crippen molar-refractivity contribution in [3.05, 3.63) is 74.9 Å². The van der Waals surface area contributed by atoms with Gasteiger partial charge in [-0.15, -0.1) is 0 Å². The number of hydrogen-bond donors (Lipinski definition) is 0. The quantitative estimate of drug-likeness (QED) is 0.355. The molecule has 2 radical (unpaired) electrons. The second-order valence-electron chi connectivity index (χ2n) is 2.30. The van der Waals surface area contributed by atoms with Crippen LogP contribution in [0.2, 0.25) is 0 Å². The molecule has 94 valence electrons. The summed E-state index contributed by atoms with van der Waals surface area (Å²) < 4.78 is 22.5. The molecular weight excluding hydrogens is 279 g/mol. The third kappa shape index (κ3) is 12.4. The fraction of sp³-hybridized carbons (Fsp3) is 0. The van der Waals surface area contributed by atoms with E-state index in [-0.39, 0.29) is 22.6 Å². The van der Waals surface area contributed by atoms with Crippen LogP contribution in [0.15, 0.2) is 42.5 Å². The van der Waals surface area contributed by atoms with Crippen molar-refractivity contribution in [2.75, 3.05) is 0 Å². The molecule has 18 heavy (non-hydrogen) atoms. The van der Waals surface area contributed by atoms with Crippen molar-refractivity contribution >= 4 is 5.78 Å². The molecule has 0 amide bonds. The minimum absolute atomic E-state index is 0. The number of ketones is 1. The molecule has 0 saturated heterocycles. The summed E-state index contributed by atoms with van der Waals surface area (Å²) in [7, 11) is 0. The van der Waals surface area contributed by atoms with Crippen LogP contribution >= 0.6 is 0 Å². The molecule has 0 aromatic heterocycles. The zero-order valence-electron chi connectivity index (χ0n) is 9.27. The normalized spacial score (nSPS) is 5.94. The van der Waals surface area contributed by atoms with E-state index < -0.39 is 0 Å². The van der Waals surface area contributed by atoms with Gasteiger partial charge in [0.25, 0.3) is 0 Å². The van der Waals surface area contributed by atoms with Gasteiger partial charge in [-0.3, -0.25) is 4.79 Å². The molecule has 0 fully saturated rings. The Bertz CT molecular complexity index is 376. The summed E-state index contributed by atoms with van der Waals surface area (Å²) in [6.45, 7) is 20.4. The minimum atomic E-state index is -0.0920. The van der Waals surface area contributed by atoms with Crippen molar-refractivity contribution in [3.8, 4) is 0 Å². The third-order valence-electron chi connectivity index (χ3n) is 1.36. The summed E-state index contributed by atoms with van der Waals surface area (Å²) >= 11 is 0. The van der Waals surface area contributed by atoms with Gasteiger partial charge in [-0.2, -0.15) is 0 Å². The Balaban J connectivity index is -0.000000123. The van der Waals surface area contributed by atoms with E-state index in [1.54, 1.807) is 12.1 Å². The van der Waals surface area contributed by atoms with Crippen molar-refractivity contribution in [3.63, 3.8) is 0 Å². The molecule has 1 rings (SSSR count). The average molecular weight is 288 g/mol. The van der Waals surface area contributed by atoms with E-state index >= 15 is 0 Å². The van der Waals surface area contributed by atoms with Gasteiger partial charge >= 0.3 is 33.9 Å². The Labute approximate surface area is 116 Å². The maximum atomic E-state index is 11.2. The third-order valence-corrected chi connectivity index (χ3v) is 1.36. The molecule has 5 heteroatoms. The van der Waals surface area contributed by atoms with Crippen molar-refractivity contribution in [2.45, 2.75) is 0 Å². The van der Waals surface area contributed by atoms with E-state index in [4.69, 9.17) is 14.0 Å². The molecule has 0 aliphatic rings. The minimum Gasteiger partial charge on any atom is -0.289 e. The first kappa shape index (κ1) is 25.3. The van der Waals surface area contributed by atoms with Crippen LogP contribution in [0.4, 0.5) is 0 Å². The molecular formula is C13H9CoO4. The molecule has 0 heterocycles. The van der Waals surface area contributed by atoms with Gasteiger partial charge in [0.05, 0.1) is 0 Å². The van der Waals surface area contributed by atoms with E-state index in [1.807, 2.05) is 18.2 Å². The topological polar surface area (TPSA) is 76.8 Å². The molecule has 0 aliphatic heterocycles. The van der Waals surface area contributed by atoms with Crippen LogP contribution in [0.25, 0.3) is 0 Å². The monoisotopic (exact) mass is 288 g/mol. The van der Waals surface area contributed by atoms with E-state index in [1.165, 1.54) is 0 Å². The predicted octanol–water partition coefficient (Wildman–Crippen LogP) is 2.14. The molecule has 4 nitrogen and oxygen atoms in total. The number of allylic oxidation sites excluding steroid dienone is 1. The van der Waals surface area contributed by atoms with Gasteiger partial charge < -0.3 is 0 Å². The number of Topliss-reactive ketones (excluding diaryl/α,β-unsaturated/α-hetero) is 1.